The van der Waals surface area contributed by atoms with E-state index >= 15 is 0 Å². The van der Waals surface area contributed by atoms with Crippen LogP contribution in [0.2, 0.25) is 0 Å². The molecule has 0 aromatic heterocycles. The minimum absolute atomic E-state index is 0.0388. The van der Waals surface area contributed by atoms with Crippen molar-refractivity contribution in [2.75, 3.05) is 11.5 Å². The average molecular weight is 586 g/mol. The van der Waals surface area contributed by atoms with E-state index in [0.717, 1.165) is 40.7 Å². The zero-order valence-electron chi connectivity index (χ0n) is 25.9. The third kappa shape index (κ3) is 9.54. The van der Waals surface area contributed by atoms with E-state index in [0.29, 0.717) is 16.1 Å². The summed E-state index contributed by atoms with van der Waals surface area (Å²) in [6.07, 6.45) is 16.3. The maximum Gasteiger partial charge on any atom is 0.251 e. The molecule has 1 saturated heterocycles. The number of carbonyl (C=O) groups is 2. The summed E-state index contributed by atoms with van der Waals surface area (Å²) in [5, 5.41) is 4.40. The van der Waals surface area contributed by atoms with E-state index in [-0.39, 0.29) is 23.1 Å². The van der Waals surface area contributed by atoms with Gasteiger partial charge in [-0.3, -0.25) is 9.59 Å². The smallest absolute Gasteiger partial charge is 0.251 e. The van der Waals surface area contributed by atoms with Gasteiger partial charge in [0.2, 0.25) is 0 Å². The molecule has 5 heteroatoms. The van der Waals surface area contributed by atoms with Gasteiger partial charge < -0.3 is 5.32 Å². The lowest BCUT2D eigenvalue weighted by atomic mass is 9.77. The zero-order valence-corrected chi connectivity index (χ0v) is 27.5. The van der Waals surface area contributed by atoms with Gasteiger partial charge in [-0.05, 0) is 88.7 Å². The summed E-state index contributed by atoms with van der Waals surface area (Å²) < 4.78 is 0. The van der Waals surface area contributed by atoms with Gasteiger partial charge >= 0.3 is 0 Å². The third-order valence-electron chi connectivity index (χ3n) is 9.97. The van der Waals surface area contributed by atoms with E-state index < -0.39 is 0 Å². The van der Waals surface area contributed by atoms with Gasteiger partial charge in [0.25, 0.3) is 5.91 Å². The van der Waals surface area contributed by atoms with Crippen molar-refractivity contribution in [2.24, 2.45) is 29.6 Å². The molecule has 1 heterocycles. The molecule has 1 amide bonds. The number of amides is 1. The molecule has 3 fully saturated rings. The number of rotatable bonds is 3. The van der Waals surface area contributed by atoms with Crippen LogP contribution < -0.4 is 5.32 Å². The Morgan fingerprint density at radius 2 is 1.40 bits per heavy atom. The predicted molar refractivity (Wildman–Crippen MR) is 175 cm³/mol. The van der Waals surface area contributed by atoms with Crippen LogP contribution in [0.4, 0.5) is 0 Å². The Hall–Kier alpha value is -0.940. The summed E-state index contributed by atoms with van der Waals surface area (Å²) in [5.74, 6) is 5.47. The highest BCUT2D eigenvalue weighted by atomic mass is 32.2. The molecule has 2 saturated carbocycles. The van der Waals surface area contributed by atoms with Crippen LogP contribution in [-0.2, 0) is 0 Å². The number of thioether (sulfide) groups is 2. The highest BCUT2D eigenvalue weighted by Gasteiger charge is 2.31. The van der Waals surface area contributed by atoms with Gasteiger partial charge in [0.1, 0.15) is 0 Å². The summed E-state index contributed by atoms with van der Waals surface area (Å²) in [4.78, 5) is 26.5. The molecule has 0 spiro atoms. The first-order valence-corrected chi connectivity index (χ1v) is 18.4. The fourth-order valence-electron chi connectivity index (χ4n) is 7.18. The Labute approximate surface area is 253 Å². The Morgan fingerprint density at radius 1 is 0.750 bits per heavy atom. The molecule has 3 aliphatic rings. The van der Waals surface area contributed by atoms with Crippen molar-refractivity contribution < 1.29 is 9.59 Å². The molecule has 1 aliphatic heterocycles. The van der Waals surface area contributed by atoms with E-state index in [2.05, 4.69) is 42.7 Å². The van der Waals surface area contributed by atoms with Crippen molar-refractivity contribution in [2.45, 2.75) is 128 Å². The number of benzene rings is 1. The van der Waals surface area contributed by atoms with Gasteiger partial charge in [-0.1, -0.05) is 70.9 Å². The largest absolute Gasteiger partial charge is 0.347 e. The number of ketones is 1. The first kappa shape index (κ1) is 32.0. The second-order valence-electron chi connectivity index (χ2n) is 14.3. The number of hydrogen-bond donors (Lipinski definition) is 1. The van der Waals surface area contributed by atoms with Crippen LogP contribution in [0.5, 0.6) is 0 Å². The van der Waals surface area contributed by atoms with Crippen LogP contribution >= 0.6 is 23.5 Å². The van der Waals surface area contributed by atoms with E-state index in [1.54, 1.807) is 0 Å². The Morgan fingerprint density at radius 3 is 2.12 bits per heavy atom. The molecule has 4 unspecified atom stereocenters. The molecule has 3 nitrogen and oxygen atoms in total. The van der Waals surface area contributed by atoms with Crippen molar-refractivity contribution in [1.82, 2.24) is 5.32 Å². The summed E-state index contributed by atoms with van der Waals surface area (Å²) in [7, 11) is 0. The fraction of sp³-hybridized carbons (Fsp3) is 0.771. The van der Waals surface area contributed by atoms with Crippen LogP contribution in [-0.4, -0.2) is 39.2 Å². The molecule has 40 heavy (non-hydrogen) atoms. The third-order valence-corrected chi connectivity index (χ3v) is 13.0. The molecule has 1 aromatic carbocycles. The van der Waals surface area contributed by atoms with E-state index in [1.165, 1.54) is 77.0 Å². The number of fused-ring (bicyclic) bond motifs is 5. The van der Waals surface area contributed by atoms with Crippen molar-refractivity contribution in [3.05, 3.63) is 35.4 Å². The second-order valence-corrected chi connectivity index (χ2v) is 17.0. The lowest BCUT2D eigenvalue weighted by Gasteiger charge is -2.30. The van der Waals surface area contributed by atoms with E-state index in [4.69, 9.17) is 0 Å². The van der Waals surface area contributed by atoms with Crippen molar-refractivity contribution >= 4 is 35.2 Å². The Balaban J connectivity index is 1.49. The van der Waals surface area contributed by atoms with Crippen LogP contribution in [0.15, 0.2) is 24.3 Å². The maximum absolute atomic E-state index is 13.9. The van der Waals surface area contributed by atoms with Gasteiger partial charge in [0.05, 0.1) is 0 Å². The number of Topliss-reactive ketones (excluding diaryl/α,β-unsaturated/α-hetero) is 1. The molecule has 224 valence electrons. The van der Waals surface area contributed by atoms with Crippen LogP contribution in [0.3, 0.4) is 0 Å². The fourth-order valence-corrected chi connectivity index (χ4v) is 10.3. The number of carbonyl (C=O) groups excluding carboxylic acids is 2. The van der Waals surface area contributed by atoms with Gasteiger partial charge in [0, 0.05) is 44.6 Å². The zero-order chi connectivity index (χ0) is 28.7. The van der Waals surface area contributed by atoms with Gasteiger partial charge in [-0.25, -0.2) is 0 Å². The molecular formula is C35H55NO2S2. The van der Waals surface area contributed by atoms with Gasteiger partial charge in [0.15, 0.2) is 5.78 Å². The highest BCUT2D eigenvalue weighted by molar-refractivity contribution is 8.00. The Bertz CT molecular complexity index is 955. The molecule has 7 atom stereocenters. The van der Waals surface area contributed by atoms with Crippen LogP contribution in [0.1, 0.15) is 132 Å². The molecule has 4 bridgehead atoms. The SMILES string of the molecule is C[C@H]1[C@H]2CCCC(CC2)SCC(C(=O)c2ccc(C(=O)NC(C)(C)C)cc2)CSC2CCCCC(CC[C@H]1C)C2. The number of hydrogen-bond acceptors (Lipinski definition) is 4. The first-order chi connectivity index (χ1) is 19.1. The predicted octanol–water partition coefficient (Wildman–Crippen LogP) is 9.44. The van der Waals surface area contributed by atoms with Crippen molar-refractivity contribution in [3.8, 4) is 0 Å². The van der Waals surface area contributed by atoms with E-state index in [1.807, 2.05) is 45.0 Å². The van der Waals surface area contributed by atoms with Crippen molar-refractivity contribution in [1.29, 1.82) is 0 Å². The van der Waals surface area contributed by atoms with Crippen molar-refractivity contribution in [3.63, 3.8) is 0 Å². The van der Waals surface area contributed by atoms with Gasteiger partial charge in [-0.15, -0.1) is 0 Å². The minimum Gasteiger partial charge on any atom is -0.347 e. The molecule has 1 N–H and O–H groups in total. The van der Waals surface area contributed by atoms with E-state index in [9.17, 15) is 9.59 Å². The molecule has 0 radical (unpaired) electrons. The first-order valence-electron chi connectivity index (χ1n) is 16.3. The number of nitrogens with one attached hydrogen (secondary N) is 1. The minimum atomic E-state index is -0.283. The molecule has 2 aliphatic carbocycles. The topological polar surface area (TPSA) is 46.2 Å². The second kappa shape index (κ2) is 15.0. The standard InChI is InChI=1S/C35H55NO2S2/c1-24-13-14-26-9-6-7-11-32(21-26)40-23-30(22-39-31-12-8-10-27(19-20-31)25(24)2)33(37)28-15-17-29(18-16-28)34(38)36-35(3,4)5/h15-18,24-27,30-32H,6-14,19-23H2,1-5H3,(H,36,38)/t24-,25-,26?,27+,30?,31?,32?/m1/s1. The molecular weight excluding hydrogens is 531 g/mol. The lowest BCUT2D eigenvalue weighted by molar-refractivity contribution is 0.0914. The average Bonchev–Trinajstić information content (AvgIpc) is 3.30. The normalized spacial score (nSPS) is 33.0. The molecule has 1 aromatic rings. The summed E-state index contributed by atoms with van der Waals surface area (Å²) >= 11 is 4.18. The Kier molecular flexibility index (Phi) is 12.0. The lowest BCUT2D eigenvalue weighted by Crippen LogP contribution is -2.40. The quantitative estimate of drug-likeness (QED) is 0.359. The van der Waals surface area contributed by atoms with Crippen LogP contribution in [0, 0.1) is 29.6 Å². The summed E-state index contributed by atoms with van der Waals surface area (Å²) in [5.41, 5.74) is 1.10. The van der Waals surface area contributed by atoms with Crippen LogP contribution in [0.25, 0.3) is 0 Å². The van der Waals surface area contributed by atoms with Gasteiger partial charge in [-0.2, -0.15) is 23.5 Å². The monoisotopic (exact) mass is 585 g/mol. The highest BCUT2D eigenvalue weighted by Crippen LogP contribution is 2.41. The summed E-state index contributed by atoms with van der Waals surface area (Å²) in [6.45, 7) is 11.0. The maximum atomic E-state index is 13.9. The molecule has 4 rings (SSSR count). The summed E-state index contributed by atoms with van der Waals surface area (Å²) in [6, 6.07) is 7.42.